The predicted molar refractivity (Wildman–Crippen MR) is 112 cm³/mol. The molecule has 0 aromatic carbocycles. The third kappa shape index (κ3) is 24.7. The van der Waals surface area contributed by atoms with Gasteiger partial charge in [0, 0.05) is 25.3 Å². The molecule has 4 atom stereocenters. The molecule has 0 saturated carbocycles. The SMILES string of the molecule is NCCCC(N)CCCO.NCCCC(N)CCCO.O=C(O)C(O)C(O)C(=O)O. The summed E-state index contributed by atoms with van der Waals surface area (Å²) in [4.78, 5) is 19.5. The first-order valence-corrected chi connectivity index (χ1v) is 10.0. The van der Waals surface area contributed by atoms with Gasteiger partial charge in [-0.3, -0.25) is 0 Å². The van der Waals surface area contributed by atoms with Gasteiger partial charge in [-0.05, 0) is 64.5 Å². The maximum Gasteiger partial charge on any atom is 0.335 e. The molecule has 4 unspecified atom stereocenters. The summed E-state index contributed by atoms with van der Waals surface area (Å²) in [5.41, 5.74) is 22.0. The fraction of sp³-hybridized carbons (Fsp3) is 0.889. The summed E-state index contributed by atoms with van der Waals surface area (Å²) in [5.74, 6) is -3.54. The summed E-state index contributed by atoms with van der Waals surface area (Å²) in [6, 6.07) is 0.464. The van der Waals surface area contributed by atoms with Crippen molar-refractivity contribution in [3.05, 3.63) is 0 Å². The van der Waals surface area contributed by atoms with Crippen LogP contribution in [-0.2, 0) is 9.59 Å². The molecule has 0 heterocycles. The van der Waals surface area contributed by atoms with Crippen molar-refractivity contribution in [1.82, 2.24) is 0 Å². The van der Waals surface area contributed by atoms with Gasteiger partial charge in [-0.2, -0.15) is 0 Å². The molecule has 12 nitrogen and oxygen atoms in total. The summed E-state index contributed by atoms with van der Waals surface area (Å²) in [6.45, 7) is 1.92. The number of carboxylic acids is 2. The average Bonchev–Trinajstić information content (AvgIpc) is 2.72. The van der Waals surface area contributed by atoms with Crippen molar-refractivity contribution in [3.63, 3.8) is 0 Å². The molecule has 0 rings (SSSR count). The van der Waals surface area contributed by atoms with Crippen LogP contribution >= 0.6 is 0 Å². The van der Waals surface area contributed by atoms with Crippen LogP contribution in [0.5, 0.6) is 0 Å². The van der Waals surface area contributed by atoms with Gasteiger partial charge in [0.15, 0.2) is 12.2 Å². The van der Waals surface area contributed by atoms with Crippen LogP contribution in [0.1, 0.15) is 51.4 Å². The molecular formula is C18H42N4O8. The second-order valence-electron chi connectivity index (χ2n) is 6.68. The van der Waals surface area contributed by atoms with E-state index in [-0.39, 0.29) is 25.3 Å². The monoisotopic (exact) mass is 442 g/mol. The first-order chi connectivity index (χ1) is 14.1. The molecule has 182 valence electrons. The van der Waals surface area contributed by atoms with Crippen LogP contribution in [0.25, 0.3) is 0 Å². The zero-order valence-electron chi connectivity index (χ0n) is 17.6. The molecular weight excluding hydrogens is 400 g/mol. The lowest BCUT2D eigenvalue weighted by Gasteiger charge is -2.08. The maximum absolute atomic E-state index is 9.77. The van der Waals surface area contributed by atoms with Crippen LogP contribution < -0.4 is 22.9 Å². The summed E-state index contributed by atoms with van der Waals surface area (Å²) in [5, 5.41) is 49.4. The lowest BCUT2D eigenvalue weighted by molar-refractivity contribution is -0.165. The van der Waals surface area contributed by atoms with Crippen LogP contribution in [0.4, 0.5) is 0 Å². The average molecular weight is 443 g/mol. The van der Waals surface area contributed by atoms with E-state index in [9.17, 15) is 9.59 Å². The summed E-state index contributed by atoms with van der Waals surface area (Å²) in [6.07, 6.45) is 2.87. The number of carboxylic acid groups (broad SMARTS) is 2. The maximum atomic E-state index is 9.77. The molecule has 0 aromatic heterocycles. The quantitative estimate of drug-likeness (QED) is 0.126. The van der Waals surface area contributed by atoms with Crippen molar-refractivity contribution < 1.29 is 40.2 Å². The second kappa shape index (κ2) is 23.9. The normalized spacial score (nSPS) is 14.3. The van der Waals surface area contributed by atoms with E-state index >= 15 is 0 Å². The molecule has 14 N–H and O–H groups in total. The molecule has 30 heavy (non-hydrogen) atoms. The third-order valence-electron chi connectivity index (χ3n) is 3.83. The first kappa shape index (κ1) is 33.3. The van der Waals surface area contributed by atoms with Gasteiger partial charge in [0.2, 0.25) is 0 Å². The highest BCUT2D eigenvalue weighted by Crippen LogP contribution is 2.00. The van der Waals surface area contributed by atoms with Gasteiger partial charge < -0.3 is 53.6 Å². The molecule has 0 aromatic rings. The topological polar surface area (TPSA) is 260 Å². The van der Waals surface area contributed by atoms with Crippen molar-refractivity contribution in [1.29, 1.82) is 0 Å². The van der Waals surface area contributed by atoms with Gasteiger partial charge in [0.05, 0.1) is 0 Å². The fourth-order valence-corrected chi connectivity index (χ4v) is 2.03. The smallest absolute Gasteiger partial charge is 0.335 e. The minimum atomic E-state index is -2.27. The minimum absolute atomic E-state index is 0.232. The number of hydrogen-bond acceptors (Lipinski definition) is 10. The third-order valence-corrected chi connectivity index (χ3v) is 3.83. The molecule has 0 amide bonds. The standard InChI is InChI=1S/2C7H18N2O.C4H6O6/c2*8-5-1-3-7(9)4-2-6-10;5-1(3(7)8)2(6)4(9)10/h2*7,10H,1-6,8-9H2;1-2,5-6H,(H,7,8)(H,9,10). The van der Waals surface area contributed by atoms with E-state index in [1.165, 1.54) is 0 Å². The van der Waals surface area contributed by atoms with Crippen molar-refractivity contribution in [2.24, 2.45) is 22.9 Å². The number of aliphatic carboxylic acids is 2. The van der Waals surface area contributed by atoms with E-state index in [1.807, 2.05) is 0 Å². The van der Waals surface area contributed by atoms with E-state index in [4.69, 9.17) is 53.6 Å². The Bertz CT molecular complexity index is 352. The van der Waals surface area contributed by atoms with Gasteiger partial charge in [-0.1, -0.05) is 0 Å². The van der Waals surface area contributed by atoms with E-state index in [0.717, 1.165) is 51.4 Å². The Morgan fingerprint density at radius 1 is 0.633 bits per heavy atom. The molecule has 0 saturated heterocycles. The number of carbonyl (C=O) groups is 2. The van der Waals surface area contributed by atoms with E-state index in [2.05, 4.69) is 0 Å². The van der Waals surface area contributed by atoms with Crippen molar-refractivity contribution in [3.8, 4) is 0 Å². The number of hydrogen-bond donors (Lipinski definition) is 10. The highest BCUT2D eigenvalue weighted by molar-refractivity contribution is 5.83. The molecule has 0 aliphatic carbocycles. The van der Waals surface area contributed by atoms with Gasteiger partial charge >= 0.3 is 11.9 Å². The number of nitrogens with two attached hydrogens (primary N) is 4. The molecule has 0 aliphatic rings. The number of aliphatic hydroxyl groups excluding tert-OH is 4. The van der Waals surface area contributed by atoms with Crippen LogP contribution in [0, 0.1) is 0 Å². The second-order valence-corrected chi connectivity index (χ2v) is 6.68. The van der Waals surface area contributed by atoms with Crippen molar-refractivity contribution in [2.75, 3.05) is 26.3 Å². The van der Waals surface area contributed by atoms with Crippen LogP contribution in [0.15, 0.2) is 0 Å². The molecule has 0 radical (unpaired) electrons. The van der Waals surface area contributed by atoms with E-state index in [0.29, 0.717) is 13.1 Å². The Morgan fingerprint density at radius 2 is 0.900 bits per heavy atom. The number of rotatable bonds is 15. The van der Waals surface area contributed by atoms with Gasteiger partial charge in [-0.25, -0.2) is 9.59 Å². The van der Waals surface area contributed by atoms with Crippen molar-refractivity contribution >= 4 is 11.9 Å². The summed E-state index contributed by atoms with van der Waals surface area (Å²) < 4.78 is 0. The lowest BCUT2D eigenvalue weighted by Crippen LogP contribution is -2.39. The zero-order valence-corrected chi connectivity index (χ0v) is 17.6. The Kier molecular flexibility index (Phi) is 26.5. The van der Waals surface area contributed by atoms with Crippen LogP contribution in [0.2, 0.25) is 0 Å². The Morgan fingerprint density at radius 3 is 1.10 bits per heavy atom. The summed E-state index contributed by atoms with van der Waals surface area (Å²) >= 11 is 0. The van der Waals surface area contributed by atoms with Gasteiger partial charge in [0.1, 0.15) is 0 Å². The fourth-order valence-electron chi connectivity index (χ4n) is 2.03. The molecule has 0 fully saturated rings. The molecule has 12 heteroatoms. The highest BCUT2D eigenvalue weighted by Gasteiger charge is 2.29. The van der Waals surface area contributed by atoms with Gasteiger partial charge in [-0.15, -0.1) is 0 Å². The van der Waals surface area contributed by atoms with E-state index < -0.39 is 24.1 Å². The molecule has 0 spiro atoms. The molecule has 0 bridgehead atoms. The van der Waals surface area contributed by atoms with Crippen LogP contribution in [0.3, 0.4) is 0 Å². The first-order valence-electron chi connectivity index (χ1n) is 10.0. The summed E-state index contributed by atoms with van der Waals surface area (Å²) in [7, 11) is 0. The Labute approximate surface area is 177 Å². The zero-order chi connectivity index (χ0) is 23.9. The largest absolute Gasteiger partial charge is 0.479 e. The molecule has 0 aliphatic heterocycles. The number of aliphatic hydroxyl groups is 4. The minimum Gasteiger partial charge on any atom is -0.479 e. The highest BCUT2D eigenvalue weighted by atomic mass is 16.4. The van der Waals surface area contributed by atoms with Crippen molar-refractivity contribution in [2.45, 2.75) is 75.7 Å². The predicted octanol–water partition coefficient (Wildman–Crippen LogP) is -2.47. The van der Waals surface area contributed by atoms with E-state index in [1.54, 1.807) is 0 Å². The Hall–Kier alpha value is -1.38. The van der Waals surface area contributed by atoms with Gasteiger partial charge in [0.25, 0.3) is 0 Å². The Balaban J connectivity index is -0.000000364. The van der Waals surface area contributed by atoms with Crippen LogP contribution in [-0.4, -0.2) is 93.2 Å². The lowest BCUT2D eigenvalue weighted by atomic mass is 10.1.